The van der Waals surface area contributed by atoms with Crippen molar-refractivity contribution in [1.82, 2.24) is 10.3 Å². The molecule has 3 rings (SSSR count). The van der Waals surface area contributed by atoms with E-state index in [1.54, 1.807) is 0 Å². The molecule has 0 atom stereocenters. The molecule has 0 aliphatic carbocycles. The Hall–Kier alpha value is -2.12. The van der Waals surface area contributed by atoms with Crippen LogP contribution in [-0.4, -0.2) is 18.1 Å². The maximum atomic E-state index is 9.49. The second-order valence-electron chi connectivity index (χ2n) is 5.39. The molecule has 1 saturated heterocycles. The van der Waals surface area contributed by atoms with E-state index in [4.69, 9.17) is 5.73 Å². The van der Waals surface area contributed by atoms with Gasteiger partial charge in [0.05, 0.1) is 11.1 Å². The quantitative estimate of drug-likeness (QED) is 0.831. The first-order valence-electron chi connectivity index (χ1n) is 7.02. The SMILES string of the molecule is Cc1cccc2nc(N)c(C#N)c(C3CCNCC3)c12. The van der Waals surface area contributed by atoms with Crippen LogP contribution in [-0.2, 0) is 0 Å². The van der Waals surface area contributed by atoms with E-state index in [2.05, 4.69) is 29.4 Å². The van der Waals surface area contributed by atoms with E-state index >= 15 is 0 Å². The Morgan fingerprint density at radius 3 is 2.80 bits per heavy atom. The van der Waals surface area contributed by atoms with E-state index in [-0.39, 0.29) is 0 Å². The van der Waals surface area contributed by atoms with Crippen LogP contribution in [0.4, 0.5) is 5.82 Å². The molecule has 4 nitrogen and oxygen atoms in total. The number of piperidine rings is 1. The summed E-state index contributed by atoms with van der Waals surface area (Å²) < 4.78 is 0. The van der Waals surface area contributed by atoms with Gasteiger partial charge in [0.1, 0.15) is 11.9 Å². The van der Waals surface area contributed by atoms with Crippen molar-refractivity contribution in [3.8, 4) is 6.07 Å². The maximum absolute atomic E-state index is 9.49. The van der Waals surface area contributed by atoms with Crippen molar-refractivity contribution in [2.24, 2.45) is 0 Å². The fraction of sp³-hybridized carbons (Fsp3) is 0.375. The molecule has 0 saturated carbocycles. The van der Waals surface area contributed by atoms with Gasteiger partial charge in [-0.05, 0) is 56.0 Å². The molecule has 0 spiro atoms. The summed E-state index contributed by atoms with van der Waals surface area (Å²) in [6.07, 6.45) is 2.09. The van der Waals surface area contributed by atoms with Gasteiger partial charge in [0.2, 0.25) is 0 Å². The number of nitrogens with two attached hydrogens (primary N) is 1. The number of rotatable bonds is 1. The van der Waals surface area contributed by atoms with E-state index in [0.29, 0.717) is 17.3 Å². The average molecular weight is 266 g/mol. The number of nitriles is 1. The lowest BCUT2D eigenvalue weighted by Crippen LogP contribution is -2.27. The number of pyridine rings is 1. The highest BCUT2D eigenvalue weighted by Gasteiger charge is 2.24. The number of nitrogens with zero attached hydrogens (tertiary/aromatic N) is 2. The third kappa shape index (κ3) is 2.00. The lowest BCUT2D eigenvalue weighted by Gasteiger charge is -2.26. The summed E-state index contributed by atoms with van der Waals surface area (Å²) in [6.45, 7) is 4.06. The topological polar surface area (TPSA) is 74.7 Å². The number of nitrogens with one attached hydrogen (secondary N) is 1. The van der Waals surface area contributed by atoms with Gasteiger partial charge >= 0.3 is 0 Å². The van der Waals surface area contributed by atoms with Crippen LogP contribution in [0.25, 0.3) is 10.9 Å². The number of benzene rings is 1. The number of fused-ring (bicyclic) bond motifs is 1. The first-order valence-corrected chi connectivity index (χ1v) is 7.02. The highest BCUT2D eigenvalue weighted by Crippen LogP contribution is 2.36. The van der Waals surface area contributed by atoms with Crippen molar-refractivity contribution in [3.63, 3.8) is 0 Å². The van der Waals surface area contributed by atoms with Crippen molar-refractivity contribution in [2.75, 3.05) is 18.8 Å². The van der Waals surface area contributed by atoms with Gasteiger partial charge in [-0.15, -0.1) is 0 Å². The van der Waals surface area contributed by atoms with Crippen LogP contribution in [0.2, 0.25) is 0 Å². The summed E-state index contributed by atoms with van der Waals surface area (Å²) in [5.41, 5.74) is 9.74. The molecule has 1 aromatic heterocycles. The molecule has 20 heavy (non-hydrogen) atoms. The predicted molar refractivity (Wildman–Crippen MR) is 80.5 cm³/mol. The summed E-state index contributed by atoms with van der Waals surface area (Å²) in [7, 11) is 0. The van der Waals surface area contributed by atoms with Gasteiger partial charge in [-0.1, -0.05) is 12.1 Å². The Balaban J connectivity index is 2.33. The molecule has 4 heteroatoms. The van der Waals surface area contributed by atoms with Gasteiger partial charge in [-0.3, -0.25) is 0 Å². The Morgan fingerprint density at radius 1 is 1.35 bits per heavy atom. The molecule has 0 unspecified atom stereocenters. The van der Waals surface area contributed by atoms with E-state index < -0.39 is 0 Å². The fourth-order valence-electron chi connectivity index (χ4n) is 3.18. The average Bonchev–Trinajstić information content (AvgIpc) is 2.47. The molecule has 0 amide bonds. The van der Waals surface area contributed by atoms with Crippen LogP contribution < -0.4 is 11.1 Å². The van der Waals surface area contributed by atoms with E-state index in [9.17, 15) is 5.26 Å². The number of aryl methyl sites for hydroxylation is 1. The number of nitrogen functional groups attached to an aromatic ring is 1. The normalized spacial score (nSPS) is 16.2. The van der Waals surface area contributed by atoms with Crippen LogP contribution in [0.5, 0.6) is 0 Å². The zero-order valence-corrected chi connectivity index (χ0v) is 11.6. The standard InChI is InChI=1S/C16H18N4/c1-10-3-2-4-13-14(10)15(11-5-7-19-8-6-11)12(9-17)16(18)20-13/h2-4,11,19H,5-8H2,1H3,(H2,18,20). The monoisotopic (exact) mass is 266 g/mol. The molecule has 2 heterocycles. The Labute approximate surface area is 118 Å². The molecule has 2 aromatic rings. The minimum Gasteiger partial charge on any atom is -0.383 e. The number of aromatic nitrogens is 1. The van der Waals surface area contributed by atoms with Crippen LogP contribution in [0, 0.1) is 18.3 Å². The lowest BCUT2D eigenvalue weighted by molar-refractivity contribution is 0.462. The van der Waals surface area contributed by atoms with Gasteiger partial charge in [0.15, 0.2) is 0 Å². The lowest BCUT2D eigenvalue weighted by atomic mass is 9.84. The Kier molecular flexibility index (Phi) is 3.29. The van der Waals surface area contributed by atoms with Crippen molar-refractivity contribution in [1.29, 1.82) is 5.26 Å². The zero-order chi connectivity index (χ0) is 14.1. The Bertz CT molecular complexity index is 694. The van der Waals surface area contributed by atoms with E-state index in [0.717, 1.165) is 42.4 Å². The highest BCUT2D eigenvalue weighted by atomic mass is 14.9. The number of hydrogen-bond donors (Lipinski definition) is 2. The Morgan fingerprint density at radius 2 is 2.10 bits per heavy atom. The molecular formula is C16H18N4. The second kappa shape index (κ2) is 5.10. The summed E-state index contributed by atoms with van der Waals surface area (Å²) in [6, 6.07) is 8.31. The van der Waals surface area contributed by atoms with Crippen molar-refractivity contribution in [2.45, 2.75) is 25.7 Å². The molecule has 102 valence electrons. The van der Waals surface area contributed by atoms with Gasteiger partial charge in [0.25, 0.3) is 0 Å². The number of hydrogen-bond acceptors (Lipinski definition) is 4. The minimum atomic E-state index is 0.360. The second-order valence-corrected chi connectivity index (χ2v) is 5.39. The third-order valence-electron chi connectivity index (χ3n) is 4.15. The first kappa shape index (κ1) is 12.9. The molecule has 1 aromatic carbocycles. The molecule has 1 aliphatic heterocycles. The smallest absolute Gasteiger partial charge is 0.142 e. The largest absolute Gasteiger partial charge is 0.383 e. The van der Waals surface area contributed by atoms with E-state index in [1.807, 2.05) is 12.1 Å². The van der Waals surface area contributed by atoms with Crippen LogP contribution >= 0.6 is 0 Å². The first-order chi connectivity index (χ1) is 9.72. The molecule has 1 fully saturated rings. The van der Waals surface area contributed by atoms with Crippen molar-refractivity contribution < 1.29 is 0 Å². The van der Waals surface area contributed by atoms with Crippen LogP contribution in [0.15, 0.2) is 18.2 Å². The summed E-state index contributed by atoms with van der Waals surface area (Å²) >= 11 is 0. The van der Waals surface area contributed by atoms with Crippen LogP contribution in [0.1, 0.15) is 35.4 Å². The summed E-state index contributed by atoms with van der Waals surface area (Å²) in [4.78, 5) is 4.40. The molecule has 3 N–H and O–H groups in total. The van der Waals surface area contributed by atoms with Gasteiger partial charge in [0, 0.05) is 5.39 Å². The summed E-state index contributed by atoms with van der Waals surface area (Å²) in [5, 5.41) is 14.0. The molecular weight excluding hydrogens is 248 g/mol. The molecule has 0 radical (unpaired) electrons. The fourth-order valence-corrected chi connectivity index (χ4v) is 3.18. The summed E-state index contributed by atoms with van der Waals surface area (Å²) in [5.74, 6) is 0.749. The van der Waals surface area contributed by atoms with E-state index in [1.165, 1.54) is 5.56 Å². The van der Waals surface area contributed by atoms with Crippen molar-refractivity contribution >= 4 is 16.7 Å². The van der Waals surface area contributed by atoms with Gasteiger partial charge < -0.3 is 11.1 Å². The van der Waals surface area contributed by atoms with Gasteiger partial charge in [-0.2, -0.15) is 5.26 Å². The highest BCUT2D eigenvalue weighted by molar-refractivity contribution is 5.90. The number of anilines is 1. The molecule has 0 bridgehead atoms. The minimum absolute atomic E-state index is 0.360. The third-order valence-corrected chi connectivity index (χ3v) is 4.15. The van der Waals surface area contributed by atoms with Crippen LogP contribution in [0.3, 0.4) is 0 Å². The van der Waals surface area contributed by atoms with Gasteiger partial charge in [-0.25, -0.2) is 4.98 Å². The predicted octanol–water partition coefficient (Wildman–Crippen LogP) is 2.46. The maximum Gasteiger partial charge on any atom is 0.142 e. The molecule has 1 aliphatic rings. The van der Waals surface area contributed by atoms with Crippen molar-refractivity contribution in [3.05, 3.63) is 34.9 Å². The zero-order valence-electron chi connectivity index (χ0n) is 11.6.